The monoisotopic (exact) mass is 648 g/mol. The fourth-order valence-electron chi connectivity index (χ4n) is 3.42. The van der Waals surface area contributed by atoms with Gasteiger partial charge in [0, 0.05) is 4.47 Å². The highest BCUT2D eigenvalue weighted by atomic mass is 79.9. The lowest BCUT2D eigenvalue weighted by Crippen LogP contribution is -2.54. The van der Waals surface area contributed by atoms with Gasteiger partial charge in [0.05, 0.1) is 17.3 Å². The number of amides is 4. The number of halogens is 2. The number of hydrogen-bond donors (Lipinski definition) is 1. The van der Waals surface area contributed by atoms with Crippen LogP contribution in [-0.2, 0) is 19.7 Å². The topological polar surface area (TPSA) is 119 Å². The number of nitrogens with one attached hydrogen (secondary N) is 1. The van der Waals surface area contributed by atoms with E-state index in [0.717, 1.165) is 14.9 Å². The first-order valence-corrected chi connectivity index (χ1v) is 13.6. The van der Waals surface area contributed by atoms with Gasteiger partial charge in [-0.15, -0.1) is 0 Å². The van der Waals surface area contributed by atoms with Crippen molar-refractivity contribution >= 4 is 71.6 Å². The molecule has 0 radical (unpaired) electrons. The van der Waals surface area contributed by atoms with Gasteiger partial charge < -0.3 is 8.92 Å². The Kier molecular flexibility index (Phi) is 7.53. The van der Waals surface area contributed by atoms with E-state index in [9.17, 15) is 22.8 Å². The maximum Gasteiger partial charge on any atom is 0.339 e. The number of carbonyl (C=O) groups excluding carboxylic acids is 3. The van der Waals surface area contributed by atoms with Gasteiger partial charge in [-0.25, -0.2) is 9.69 Å². The van der Waals surface area contributed by atoms with Crippen molar-refractivity contribution in [2.75, 3.05) is 12.0 Å². The average molecular weight is 650 g/mol. The molecule has 12 heteroatoms. The Hall–Kier alpha value is -3.48. The van der Waals surface area contributed by atoms with E-state index >= 15 is 0 Å². The first-order chi connectivity index (χ1) is 17.5. The van der Waals surface area contributed by atoms with Crippen molar-refractivity contribution in [3.63, 3.8) is 0 Å². The van der Waals surface area contributed by atoms with Crippen molar-refractivity contribution in [2.45, 2.75) is 11.8 Å². The van der Waals surface area contributed by atoms with Crippen LogP contribution in [-0.4, -0.2) is 33.4 Å². The zero-order chi connectivity index (χ0) is 26.9. The molecule has 0 spiro atoms. The van der Waals surface area contributed by atoms with Crippen molar-refractivity contribution in [2.24, 2.45) is 0 Å². The summed E-state index contributed by atoms with van der Waals surface area (Å²) in [5.41, 5.74) is 1.16. The van der Waals surface area contributed by atoms with Gasteiger partial charge in [0.2, 0.25) is 0 Å². The third-order valence-electron chi connectivity index (χ3n) is 5.25. The van der Waals surface area contributed by atoms with Crippen molar-refractivity contribution in [1.82, 2.24) is 5.32 Å². The summed E-state index contributed by atoms with van der Waals surface area (Å²) in [5, 5.41) is 2.15. The number of ether oxygens (including phenoxy) is 1. The molecule has 1 heterocycles. The number of methoxy groups -OCH3 is 1. The van der Waals surface area contributed by atoms with Crippen LogP contribution in [0.4, 0.5) is 10.5 Å². The number of imide groups is 2. The van der Waals surface area contributed by atoms with Gasteiger partial charge in [-0.2, -0.15) is 8.42 Å². The fraction of sp³-hybridized carbons (Fsp3) is 0.0800. The van der Waals surface area contributed by atoms with Gasteiger partial charge in [-0.05, 0) is 83.0 Å². The quantitative estimate of drug-likeness (QED) is 0.228. The van der Waals surface area contributed by atoms with E-state index in [1.54, 1.807) is 36.4 Å². The van der Waals surface area contributed by atoms with E-state index < -0.39 is 28.0 Å². The average Bonchev–Trinajstić information content (AvgIpc) is 2.84. The molecule has 1 saturated heterocycles. The fourth-order valence-corrected chi connectivity index (χ4v) is 5.28. The lowest BCUT2D eigenvalue weighted by Gasteiger charge is -2.26. The minimum absolute atomic E-state index is 0.0291. The molecule has 9 nitrogen and oxygen atoms in total. The van der Waals surface area contributed by atoms with Crippen LogP contribution in [0.15, 0.2) is 80.1 Å². The molecule has 4 amide bonds. The molecule has 1 aliphatic heterocycles. The van der Waals surface area contributed by atoms with Crippen LogP contribution in [0, 0.1) is 6.92 Å². The first kappa shape index (κ1) is 26.6. The number of hydrogen-bond acceptors (Lipinski definition) is 7. The molecule has 0 aliphatic carbocycles. The van der Waals surface area contributed by atoms with Crippen molar-refractivity contribution in [3.05, 3.63) is 86.3 Å². The lowest BCUT2D eigenvalue weighted by molar-refractivity contribution is -0.122. The third-order valence-corrected chi connectivity index (χ3v) is 7.61. The molecule has 1 fully saturated rings. The molecule has 4 rings (SSSR count). The zero-order valence-corrected chi connectivity index (χ0v) is 23.3. The molecule has 0 unspecified atom stereocenters. The second kappa shape index (κ2) is 10.5. The minimum Gasteiger partial charge on any atom is -0.493 e. The van der Waals surface area contributed by atoms with Gasteiger partial charge in [-0.3, -0.25) is 14.9 Å². The number of rotatable bonds is 6. The predicted molar refractivity (Wildman–Crippen MR) is 143 cm³/mol. The summed E-state index contributed by atoms with van der Waals surface area (Å²) >= 11 is 6.57. The van der Waals surface area contributed by atoms with E-state index in [1.807, 2.05) is 6.92 Å². The molecule has 3 aromatic carbocycles. The summed E-state index contributed by atoms with van der Waals surface area (Å²) < 4.78 is 37.2. The van der Waals surface area contributed by atoms with Gasteiger partial charge in [0.25, 0.3) is 11.8 Å². The van der Waals surface area contributed by atoms with Gasteiger partial charge in [0.1, 0.15) is 10.5 Å². The van der Waals surface area contributed by atoms with E-state index in [1.165, 1.54) is 37.5 Å². The van der Waals surface area contributed by atoms with Gasteiger partial charge in [0.15, 0.2) is 11.5 Å². The van der Waals surface area contributed by atoms with Crippen LogP contribution in [0.1, 0.15) is 11.1 Å². The van der Waals surface area contributed by atoms with Crippen LogP contribution >= 0.6 is 31.9 Å². The maximum atomic E-state index is 13.1. The number of barbiturate groups is 1. The van der Waals surface area contributed by atoms with Crippen LogP contribution in [0.5, 0.6) is 11.5 Å². The van der Waals surface area contributed by atoms with Gasteiger partial charge in [-0.1, -0.05) is 33.6 Å². The molecular weight excluding hydrogens is 632 g/mol. The molecule has 0 atom stereocenters. The van der Waals surface area contributed by atoms with Gasteiger partial charge >= 0.3 is 16.1 Å². The zero-order valence-electron chi connectivity index (χ0n) is 19.3. The summed E-state index contributed by atoms with van der Waals surface area (Å²) in [6, 6.07) is 14.5. The van der Waals surface area contributed by atoms with Crippen LogP contribution in [0.3, 0.4) is 0 Å². The maximum absolute atomic E-state index is 13.1. The van der Waals surface area contributed by atoms with Crippen LogP contribution < -0.4 is 19.1 Å². The first-order valence-electron chi connectivity index (χ1n) is 10.6. The number of anilines is 1. The van der Waals surface area contributed by atoms with Crippen molar-refractivity contribution in [1.29, 1.82) is 0 Å². The highest BCUT2D eigenvalue weighted by Crippen LogP contribution is 2.39. The van der Waals surface area contributed by atoms with E-state index in [-0.39, 0.29) is 32.1 Å². The summed E-state index contributed by atoms with van der Waals surface area (Å²) in [6.07, 6.45) is 1.27. The minimum atomic E-state index is -4.18. The molecular formula is C25H18Br2N2O7S. The Balaban J connectivity index is 1.69. The number of urea groups is 1. The van der Waals surface area contributed by atoms with E-state index in [2.05, 4.69) is 37.2 Å². The van der Waals surface area contributed by atoms with E-state index in [0.29, 0.717) is 5.56 Å². The Bertz CT molecular complexity index is 1550. The smallest absolute Gasteiger partial charge is 0.339 e. The number of benzene rings is 3. The second-order valence-corrected chi connectivity index (χ2v) is 11.1. The molecule has 3 aromatic rings. The largest absolute Gasteiger partial charge is 0.493 e. The number of aryl methyl sites for hydroxylation is 1. The SMILES string of the molecule is COc1cc(/C=C2\C(=O)NC(=O)N(c3ccc(Br)cc3)C2=O)cc(Br)c1OS(=O)(=O)c1ccc(C)cc1. The van der Waals surface area contributed by atoms with Crippen molar-refractivity contribution < 1.29 is 31.7 Å². The Labute approximate surface area is 229 Å². The second-order valence-electron chi connectivity index (χ2n) is 7.82. The molecule has 0 aromatic heterocycles. The normalized spacial score (nSPS) is 15.1. The highest BCUT2D eigenvalue weighted by Gasteiger charge is 2.37. The number of carbonyl (C=O) groups is 3. The molecule has 0 saturated carbocycles. The summed E-state index contributed by atoms with van der Waals surface area (Å²) in [6.45, 7) is 1.83. The summed E-state index contributed by atoms with van der Waals surface area (Å²) in [7, 11) is -2.87. The lowest BCUT2D eigenvalue weighted by atomic mass is 10.1. The predicted octanol–water partition coefficient (Wildman–Crippen LogP) is 4.96. The molecule has 190 valence electrons. The Morgan fingerprint density at radius 2 is 1.59 bits per heavy atom. The molecule has 37 heavy (non-hydrogen) atoms. The third kappa shape index (κ3) is 5.60. The standard InChI is InChI=1S/C25H18Br2N2O7S/c1-14-3-9-18(10-4-14)37(33,34)36-22-20(27)12-15(13-21(22)35-2)11-19-23(30)28-25(32)29(24(19)31)17-7-5-16(26)6-8-17/h3-13H,1-2H3,(H,28,30,32)/b19-11+. The molecule has 1 N–H and O–H groups in total. The summed E-state index contributed by atoms with van der Waals surface area (Å²) in [4.78, 5) is 38.9. The Morgan fingerprint density at radius 3 is 2.22 bits per heavy atom. The van der Waals surface area contributed by atoms with Crippen LogP contribution in [0.25, 0.3) is 6.08 Å². The molecule has 1 aliphatic rings. The Morgan fingerprint density at radius 1 is 0.946 bits per heavy atom. The number of nitrogens with zero attached hydrogens (tertiary/aromatic N) is 1. The van der Waals surface area contributed by atoms with E-state index in [4.69, 9.17) is 8.92 Å². The highest BCUT2D eigenvalue weighted by molar-refractivity contribution is 9.10. The van der Waals surface area contributed by atoms with Crippen molar-refractivity contribution in [3.8, 4) is 11.5 Å². The summed E-state index contributed by atoms with van der Waals surface area (Å²) in [5.74, 6) is -1.79. The molecule has 0 bridgehead atoms. The van der Waals surface area contributed by atoms with Crippen LogP contribution in [0.2, 0.25) is 0 Å².